The van der Waals surface area contributed by atoms with Crippen LogP contribution in [0.2, 0.25) is 0 Å². The lowest BCUT2D eigenvalue weighted by atomic mass is 9.94. The van der Waals surface area contributed by atoms with Crippen LogP contribution in [0, 0.1) is 6.92 Å². The molecule has 0 aliphatic heterocycles. The maximum Gasteiger partial charge on any atom is 0.244 e. The third kappa shape index (κ3) is 3.99. The molecule has 0 aliphatic rings. The van der Waals surface area contributed by atoms with Crippen LogP contribution in [0.4, 0.5) is 0 Å². The summed E-state index contributed by atoms with van der Waals surface area (Å²) in [5.74, 6) is 0.538. The maximum atomic E-state index is 12.3. The minimum absolute atomic E-state index is 0.166. The highest BCUT2D eigenvalue weighted by molar-refractivity contribution is 6.07. The lowest BCUT2D eigenvalue weighted by molar-refractivity contribution is -0.116. The van der Waals surface area contributed by atoms with Crippen LogP contribution in [-0.2, 0) is 9.53 Å². The van der Waals surface area contributed by atoms with Crippen LogP contribution in [0.15, 0.2) is 65.3 Å². The van der Waals surface area contributed by atoms with Crippen molar-refractivity contribution in [2.75, 3.05) is 27.4 Å². The maximum absolute atomic E-state index is 12.3. The number of hydrogen-bond acceptors (Lipinski definition) is 4. The first kappa shape index (κ1) is 21.7. The molecule has 4 aromatic rings. The highest BCUT2D eigenvalue weighted by Gasteiger charge is 2.19. The second kappa shape index (κ2) is 9.28. The Morgan fingerprint density at radius 3 is 2.62 bits per heavy atom. The Labute approximate surface area is 187 Å². The molecule has 164 valence electrons. The van der Waals surface area contributed by atoms with Crippen molar-refractivity contribution in [3.8, 4) is 16.9 Å². The van der Waals surface area contributed by atoms with Gasteiger partial charge in [0.1, 0.15) is 11.3 Å². The lowest BCUT2D eigenvalue weighted by Gasteiger charge is -2.13. The number of hydrogen-bond donors (Lipinski definition) is 1. The number of carbonyl (C=O) groups is 1. The van der Waals surface area contributed by atoms with Gasteiger partial charge >= 0.3 is 0 Å². The summed E-state index contributed by atoms with van der Waals surface area (Å²) in [6, 6.07) is 16.6. The standard InChI is InChI=1S/C27H27NO4/c1-17(14-25(29)28-12-13-30-3)22-15-23-24(16-32-27(23)18(2)26(22)31-4)21-11-7-9-19-8-5-6-10-20(19)21/h5-11,14-16H,12-13H2,1-4H3,(H,28,29)/b17-14+. The molecule has 0 aliphatic carbocycles. The second-order valence-electron chi connectivity index (χ2n) is 7.75. The van der Waals surface area contributed by atoms with E-state index in [2.05, 4.69) is 41.7 Å². The minimum Gasteiger partial charge on any atom is -0.496 e. The number of aryl methyl sites for hydroxylation is 1. The third-order valence-corrected chi connectivity index (χ3v) is 5.71. The normalized spacial score (nSPS) is 11.8. The van der Waals surface area contributed by atoms with Crippen LogP contribution < -0.4 is 10.1 Å². The average molecular weight is 430 g/mol. The van der Waals surface area contributed by atoms with Crippen LogP contribution >= 0.6 is 0 Å². The van der Waals surface area contributed by atoms with E-state index in [1.165, 1.54) is 5.39 Å². The zero-order valence-corrected chi connectivity index (χ0v) is 18.8. The number of allylic oxidation sites excluding steroid dienone is 1. The lowest BCUT2D eigenvalue weighted by Crippen LogP contribution is -2.25. The number of fused-ring (bicyclic) bond motifs is 2. The fraction of sp³-hybridized carbons (Fsp3) is 0.222. The van der Waals surface area contributed by atoms with Crippen molar-refractivity contribution >= 4 is 33.2 Å². The summed E-state index contributed by atoms with van der Waals surface area (Å²) in [7, 11) is 3.24. The van der Waals surface area contributed by atoms with E-state index in [9.17, 15) is 4.79 Å². The van der Waals surface area contributed by atoms with Gasteiger partial charge < -0.3 is 19.2 Å². The number of benzene rings is 3. The van der Waals surface area contributed by atoms with Crippen LogP contribution in [0.1, 0.15) is 18.1 Å². The predicted octanol–water partition coefficient (Wildman–Crippen LogP) is 5.74. The van der Waals surface area contributed by atoms with Crippen LogP contribution in [0.3, 0.4) is 0 Å². The number of ether oxygens (including phenoxy) is 2. The summed E-state index contributed by atoms with van der Waals surface area (Å²) in [5.41, 5.74) is 5.48. The SMILES string of the molecule is COCCNC(=O)/C=C(\C)c1cc2c(-c3cccc4ccccc34)coc2c(C)c1OC. The van der Waals surface area contributed by atoms with Gasteiger partial charge in [0.15, 0.2) is 0 Å². The molecule has 0 spiro atoms. The van der Waals surface area contributed by atoms with E-state index < -0.39 is 0 Å². The van der Waals surface area contributed by atoms with Gasteiger partial charge in [0.05, 0.1) is 20.0 Å². The minimum atomic E-state index is -0.166. The Balaban J connectivity index is 1.86. The zero-order chi connectivity index (χ0) is 22.7. The van der Waals surface area contributed by atoms with Gasteiger partial charge in [-0.25, -0.2) is 0 Å². The zero-order valence-electron chi connectivity index (χ0n) is 18.8. The summed E-state index contributed by atoms with van der Waals surface area (Å²) in [6.07, 6.45) is 3.40. The molecule has 4 rings (SSSR count). The van der Waals surface area contributed by atoms with Crippen molar-refractivity contribution in [3.63, 3.8) is 0 Å². The van der Waals surface area contributed by atoms with E-state index in [4.69, 9.17) is 13.9 Å². The molecular formula is C27H27NO4. The van der Waals surface area contributed by atoms with E-state index in [-0.39, 0.29) is 5.91 Å². The second-order valence-corrected chi connectivity index (χ2v) is 7.75. The molecule has 0 saturated heterocycles. The fourth-order valence-corrected chi connectivity index (χ4v) is 4.14. The molecule has 0 radical (unpaired) electrons. The van der Waals surface area contributed by atoms with Gasteiger partial charge in [0.2, 0.25) is 5.91 Å². The Kier molecular flexibility index (Phi) is 6.28. The molecule has 5 heteroatoms. The van der Waals surface area contributed by atoms with Crippen molar-refractivity contribution in [2.45, 2.75) is 13.8 Å². The van der Waals surface area contributed by atoms with Gasteiger partial charge in [-0.1, -0.05) is 42.5 Å². The summed E-state index contributed by atoms with van der Waals surface area (Å²) in [4.78, 5) is 12.3. The molecule has 5 nitrogen and oxygen atoms in total. The van der Waals surface area contributed by atoms with Gasteiger partial charge in [-0.05, 0) is 41.8 Å². The first-order chi connectivity index (χ1) is 15.5. The quantitative estimate of drug-likeness (QED) is 0.301. The number of nitrogens with one attached hydrogen (secondary N) is 1. The Hall–Kier alpha value is -3.57. The molecule has 3 aromatic carbocycles. The molecule has 0 atom stereocenters. The van der Waals surface area contributed by atoms with Gasteiger partial charge in [-0.2, -0.15) is 0 Å². The fourth-order valence-electron chi connectivity index (χ4n) is 4.14. The number of amides is 1. The first-order valence-electron chi connectivity index (χ1n) is 10.6. The van der Waals surface area contributed by atoms with E-state index in [1.54, 1.807) is 26.6 Å². The highest BCUT2D eigenvalue weighted by atomic mass is 16.5. The molecular weight excluding hydrogens is 402 g/mol. The average Bonchev–Trinajstić information content (AvgIpc) is 3.23. The molecule has 0 unspecified atom stereocenters. The largest absolute Gasteiger partial charge is 0.496 e. The van der Waals surface area contributed by atoms with Crippen molar-refractivity contribution in [1.29, 1.82) is 0 Å². The topological polar surface area (TPSA) is 60.7 Å². The molecule has 1 aromatic heterocycles. The van der Waals surface area contributed by atoms with Gasteiger partial charge in [0.25, 0.3) is 0 Å². The number of furan rings is 1. The van der Waals surface area contributed by atoms with Crippen molar-refractivity contribution in [3.05, 3.63) is 72.0 Å². The Morgan fingerprint density at radius 2 is 1.84 bits per heavy atom. The molecule has 1 amide bonds. The van der Waals surface area contributed by atoms with E-state index in [0.717, 1.165) is 44.2 Å². The molecule has 0 fully saturated rings. The van der Waals surface area contributed by atoms with Crippen molar-refractivity contribution in [2.24, 2.45) is 0 Å². The number of carbonyl (C=O) groups excluding carboxylic acids is 1. The number of methoxy groups -OCH3 is 2. The van der Waals surface area contributed by atoms with Crippen LogP contribution in [0.25, 0.3) is 38.4 Å². The van der Waals surface area contributed by atoms with Gasteiger partial charge in [-0.15, -0.1) is 0 Å². The van der Waals surface area contributed by atoms with Crippen molar-refractivity contribution in [1.82, 2.24) is 5.32 Å². The third-order valence-electron chi connectivity index (χ3n) is 5.71. The summed E-state index contributed by atoms with van der Waals surface area (Å²) < 4.78 is 16.7. The smallest absolute Gasteiger partial charge is 0.244 e. The van der Waals surface area contributed by atoms with Crippen LogP contribution in [-0.4, -0.2) is 33.3 Å². The highest BCUT2D eigenvalue weighted by Crippen LogP contribution is 2.42. The summed E-state index contributed by atoms with van der Waals surface area (Å²) in [6.45, 7) is 4.82. The van der Waals surface area contributed by atoms with E-state index >= 15 is 0 Å². The summed E-state index contributed by atoms with van der Waals surface area (Å²) in [5, 5.41) is 6.15. The molecule has 0 bridgehead atoms. The van der Waals surface area contributed by atoms with Crippen molar-refractivity contribution < 1.29 is 18.7 Å². The molecule has 1 heterocycles. The summed E-state index contributed by atoms with van der Waals surface area (Å²) >= 11 is 0. The van der Waals surface area contributed by atoms with E-state index in [0.29, 0.717) is 18.9 Å². The van der Waals surface area contributed by atoms with Gasteiger partial charge in [-0.3, -0.25) is 4.79 Å². The Morgan fingerprint density at radius 1 is 1.06 bits per heavy atom. The number of rotatable bonds is 7. The predicted molar refractivity (Wildman–Crippen MR) is 129 cm³/mol. The molecule has 0 saturated carbocycles. The molecule has 1 N–H and O–H groups in total. The first-order valence-corrected chi connectivity index (χ1v) is 10.6. The van der Waals surface area contributed by atoms with Crippen LogP contribution in [0.5, 0.6) is 5.75 Å². The molecule has 32 heavy (non-hydrogen) atoms. The monoisotopic (exact) mass is 429 g/mol. The van der Waals surface area contributed by atoms with E-state index in [1.807, 2.05) is 26.0 Å². The van der Waals surface area contributed by atoms with Gasteiger partial charge in [0, 0.05) is 41.8 Å². The Bertz CT molecular complexity index is 1310.